The third-order valence-corrected chi connectivity index (χ3v) is 3.61. The number of methoxy groups -OCH3 is 1. The van der Waals surface area contributed by atoms with E-state index in [1.165, 1.54) is 18.2 Å². The van der Waals surface area contributed by atoms with E-state index in [1.807, 2.05) is 0 Å². The molecule has 1 aromatic rings. The van der Waals surface area contributed by atoms with Crippen LogP contribution in [-0.4, -0.2) is 38.3 Å². The molecule has 0 saturated carbocycles. The van der Waals surface area contributed by atoms with Gasteiger partial charge in [-0.05, 0) is 34.1 Å². The molecule has 2 rings (SSSR count). The number of hydrogen-bond donors (Lipinski definition) is 2. The van der Waals surface area contributed by atoms with Gasteiger partial charge in [0, 0.05) is 24.7 Å². The van der Waals surface area contributed by atoms with E-state index in [0.717, 1.165) is 0 Å². The van der Waals surface area contributed by atoms with Crippen molar-refractivity contribution in [3.8, 4) is 0 Å². The number of ether oxygens (including phenoxy) is 1. The van der Waals surface area contributed by atoms with Crippen LogP contribution in [0.15, 0.2) is 22.7 Å². The molecule has 1 unspecified atom stereocenters. The van der Waals surface area contributed by atoms with E-state index in [4.69, 9.17) is 4.74 Å². The van der Waals surface area contributed by atoms with Crippen LogP contribution in [-0.2, 0) is 4.74 Å². The second-order valence-electron chi connectivity index (χ2n) is 4.14. The Balaban J connectivity index is 2.07. The molecular formula is C12H14BrFN2O2. The van der Waals surface area contributed by atoms with Crippen molar-refractivity contribution in [1.29, 1.82) is 0 Å². The van der Waals surface area contributed by atoms with Crippen molar-refractivity contribution >= 4 is 21.8 Å². The molecule has 1 saturated heterocycles. The molecule has 1 amide bonds. The first-order valence-corrected chi connectivity index (χ1v) is 6.40. The van der Waals surface area contributed by atoms with E-state index in [-0.39, 0.29) is 23.9 Å². The van der Waals surface area contributed by atoms with Crippen molar-refractivity contribution in [1.82, 2.24) is 10.6 Å². The summed E-state index contributed by atoms with van der Waals surface area (Å²) < 4.78 is 18.6. The number of amides is 1. The second kappa shape index (κ2) is 5.77. The molecule has 6 heteroatoms. The predicted octanol–water partition coefficient (Wildman–Crippen LogP) is 1.30. The van der Waals surface area contributed by atoms with Crippen LogP contribution < -0.4 is 10.6 Å². The highest BCUT2D eigenvalue weighted by atomic mass is 79.9. The lowest BCUT2D eigenvalue weighted by atomic mass is 10.1. The lowest BCUT2D eigenvalue weighted by Crippen LogP contribution is -2.43. The highest BCUT2D eigenvalue weighted by Gasteiger charge is 2.28. The molecule has 0 radical (unpaired) electrons. The number of hydrogen-bond acceptors (Lipinski definition) is 3. The lowest BCUT2D eigenvalue weighted by Gasteiger charge is -2.18. The molecule has 1 aliphatic rings. The lowest BCUT2D eigenvalue weighted by molar-refractivity contribution is 0.0779. The third kappa shape index (κ3) is 2.88. The SMILES string of the molecule is CO[C@H]1CNCC1NC(=O)c1ccc(F)cc1Br. The van der Waals surface area contributed by atoms with Crippen LogP contribution in [0, 0.1) is 5.82 Å². The average molecular weight is 317 g/mol. The number of carbonyl (C=O) groups excluding carboxylic acids is 1. The van der Waals surface area contributed by atoms with E-state index in [1.54, 1.807) is 7.11 Å². The molecule has 0 aliphatic carbocycles. The molecular weight excluding hydrogens is 303 g/mol. The number of rotatable bonds is 3. The maximum absolute atomic E-state index is 12.9. The smallest absolute Gasteiger partial charge is 0.252 e. The van der Waals surface area contributed by atoms with Crippen molar-refractivity contribution in [3.05, 3.63) is 34.1 Å². The van der Waals surface area contributed by atoms with Gasteiger partial charge in [-0.15, -0.1) is 0 Å². The third-order valence-electron chi connectivity index (χ3n) is 2.95. The zero-order chi connectivity index (χ0) is 13.1. The molecule has 2 atom stereocenters. The highest BCUT2D eigenvalue weighted by Crippen LogP contribution is 2.18. The van der Waals surface area contributed by atoms with Crippen molar-refractivity contribution in [2.45, 2.75) is 12.1 Å². The summed E-state index contributed by atoms with van der Waals surface area (Å²) in [7, 11) is 1.62. The van der Waals surface area contributed by atoms with Crippen molar-refractivity contribution in [3.63, 3.8) is 0 Å². The summed E-state index contributed by atoms with van der Waals surface area (Å²) in [4.78, 5) is 12.0. The van der Waals surface area contributed by atoms with Gasteiger partial charge in [0.2, 0.25) is 0 Å². The Labute approximate surface area is 113 Å². The van der Waals surface area contributed by atoms with Gasteiger partial charge in [-0.25, -0.2) is 4.39 Å². The van der Waals surface area contributed by atoms with E-state index in [0.29, 0.717) is 23.1 Å². The monoisotopic (exact) mass is 316 g/mol. The Hall–Kier alpha value is -0.980. The van der Waals surface area contributed by atoms with Crippen molar-refractivity contribution < 1.29 is 13.9 Å². The van der Waals surface area contributed by atoms with Gasteiger partial charge in [0.15, 0.2) is 0 Å². The Morgan fingerprint density at radius 1 is 1.56 bits per heavy atom. The van der Waals surface area contributed by atoms with Gasteiger partial charge in [-0.1, -0.05) is 0 Å². The molecule has 1 aromatic carbocycles. The molecule has 4 nitrogen and oxygen atoms in total. The number of carbonyl (C=O) groups is 1. The first-order valence-electron chi connectivity index (χ1n) is 5.61. The topological polar surface area (TPSA) is 50.4 Å². The van der Waals surface area contributed by atoms with E-state index in [9.17, 15) is 9.18 Å². The van der Waals surface area contributed by atoms with E-state index < -0.39 is 0 Å². The van der Waals surface area contributed by atoms with Crippen LogP contribution in [0.25, 0.3) is 0 Å². The highest BCUT2D eigenvalue weighted by molar-refractivity contribution is 9.10. The quantitative estimate of drug-likeness (QED) is 0.884. The largest absolute Gasteiger partial charge is 0.378 e. The maximum Gasteiger partial charge on any atom is 0.252 e. The fraction of sp³-hybridized carbons (Fsp3) is 0.417. The fourth-order valence-electron chi connectivity index (χ4n) is 1.97. The Morgan fingerprint density at radius 3 is 3.00 bits per heavy atom. The molecule has 18 heavy (non-hydrogen) atoms. The molecule has 1 fully saturated rings. The van der Waals surface area contributed by atoms with Gasteiger partial charge in [-0.2, -0.15) is 0 Å². The molecule has 98 valence electrons. The van der Waals surface area contributed by atoms with Crippen LogP contribution in [0.2, 0.25) is 0 Å². The minimum Gasteiger partial charge on any atom is -0.378 e. The van der Waals surface area contributed by atoms with Gasteiger partial charge in [0.25, 0.3) is 5.91 Å². The summed E-state index contributed by atoms with van der Waals surface area (Å²) >= 11 is 3.18. The van der Waals surface area contributed by atoms with Crippen molar-refractivity contribution in [2.75, 3.05) is 20.2 Å². The van der Waals surface area contributed by atoms with Crippen molar-refractivity contribution in [2.24, 2.45) is 0 Å². The molecule has 2 N–H and O–H groups in total. The van der Waals surface area contributed by atoms with Crippen LogP contribution in [0.4, 0.5) is 4.39 Å². The Kier molecular flexibility index (Phi) is 4.31. The van der Waals surface area contributed by atoms with Gasteiger partial charge >= 0.3 is 0 Å². The average Bonchev–Trinajstić information content (AvgIpc) is 2.76. The zero-order valence-electron chi connectivity index (χ0n) is 9.87. The van der Waals surface area contributed by atoms with Crippen LogP contribution in [0.5, 0.6) is 0 Å². The molecule has 0 spiro atoms. The van der Waals surface area contributed by atoms with Crippen LogP contribution in [0.3, 0.4) is 0 Å². The van der Waals surface area contributed by atoms with E-state index >= 15 is 0 Å². The van der Waals surface area contributed by atoms with E-state index in [2.05, 4.69) is 26.6 Å². The van der Waals surface area contributed by atoms with Gasteiger partial charge in [0.1, 0.15) is 5.82 Å². The molecule has 0 aromatic heterocycles. The number of nitrogens with one attached hydrogen (secondary N) is 2. The first-order chi connectivity index (χ1) is 8.61. The summed E-state index contributed by atoms with van der Waals surface area (Å²) in [6.07, 6.45) is -0.0341. The first kappa shape index (κ1) is 13.5. The summed E-state index contributed by atoms with van der Waals surface area (Å²) in [6, 6.07) is 3.93. The summed E-state index contributed by atoms with van der Waals surface area (Å²) in [5, 5.41) is 6.02. The molecule has 0 bridgehead atoms. The standard InChI is InChI=1S/C12H14BrFN2O2/c1-18-11-6-15-5-10(11)16-12(17)8-3-2-7(14)4-9(8)13/h2-4,10-11,15H,5-6H2,1H3,(H,16,17)/t10?,11-/m0/s1. The van der Waals surface area contributed by atoms with Gasteiger partial charge in [0.05, 0.1) is 17.7 Å². The summed E-state index contributed by atoms with van der Waals surface area (Å²) in [5.74, 6) is -0.617. The minimum atomic E-state index is -0.379. The fourth-order valence-corrected chi connectivity index (χ4v) is 2.50. The zero-order valence-corrected chi connectivity index (χ0v) is 11.5. The summed E-state index contributed by atoms with van der Waals surface area (Å²) in [5.41, 5.74) is 0.415. The number of halogens is 2. The minimum absolute atomic E-state index is 0.0341. The maximum atomic E-state index is 12.9. The molecule has 1 aliphatic heterocycles. The van der Waals surface area contributed by atoms with Crippen LogP contribution >= 0.6 is 15.9 Å². The van der Waals surface area contributed by atoms with Gasteiger partial charge < -0.3 is 15.4 Å². The normalized spacial score (nSPS) is 23.1. The summed E-state index contributed by atoms with van der Waals surface area (Å²) in [6.45, 7) is 1.38. The van der Waals surface area contributed by atoms with Gasteiger partial charge in [-0.3, -0.25) is 4.79 Å². The second-order valence-corrected chi connectivity index (χ2v) is 4.99. The Bertz CT molecular complexity index is 456. The molecule has 1 heterocycles. The Morgan fingerprint density at radius 2 is 2.33 bits per heavy atom. The number of benzene rings is 1. The predicted molar refractivity (Wildman–Crippen MR) is 69.0 cm³/mol. The van der Waals surface area contributed by atoms with Crippen LogP contribution in [0.1, 0.15) is 10.4 Å².